The predicted molar refractivity (Wildman–Crippen MR) is 73.1 cm³/mol. The zero-order valence-corrected chi connectivity index (χ0v) is 11.8. The van der Waals surface area contributed by atoms with Crippen molar-refractivity contribution in [2.24, 2.45) is 0 Å². The van der Waals surface area contributed by atoms with E-state index in [0.717, 1.165) is 12.8 Å². The van der Waals surface area contributed by atoms with Crippen LogP contribution in [0.25, 0.3) is 0 Å². The van der Waals surface area contributed by atoms with Crippen molar-refractivity contribution in [1.82, 2.24) is 4.90 Å². The fourth-order valence-corrected chi connectivity index (χ4v) is 2.71. The van der Waals surface area contributed by atoms with Gasteiger partial charge in [-0.25, -0.2) is 4.39 Å². The van der Waals surface area contributed by atoms with Crippen molar-refractivity contribution >= 4 is 0 Å². The number of hydrogen-bond acceptors (Lipinski definition) is 2. The molecule has 0 radical (unpaired) electrons. The quantitative estimate of drug-likeness (QED) is 0.842. The molecule has 0 aliphatic carbocycles. The van der Waals surface area contributed by atoms with Crippen LogP contribution in [-0.2, 0) is 6.42 Å². The predicted octanol–water partition coefficient (Wildman–Crippen LogP) is 2.85. The normalized spacial score (nSPS) is 13.9. The van der Waals surface area contributed by atoms with Crippen LogP contribution in [0.5, 0.6) is 0 Å². The Kier molecular flexibility index (Phi) is 5.29. The Morgan fingerprint density at radius 2 is 1.78 bits per heavy atom. The Bertz CT molecular complexity index is 375. The van der Waals surface area contributed by atoms with E-state index < -0.39 is 6.10 Å². The maximum absolute atomic E-state index is 13.6. The molecule has 0 fully saturated rings. The number of aliphatic hydroxyl groups is 1. The summed E-state index contributed by atoms with van der Waals surface area (Å²) in [5, 5.41) is 10.5. The van der Waals surface area contributed by atoms with Gasteiger partial charge >= 0.3 is 0 Å². The van der Waals surface area contributed by atoms with Crippen LogP contribution in [0.3, 0.4) is 0 Å². The molecule has 1 aromatic carbocycles. The van der Waals surface area contributed by atoms with Crippen molar-refractivity contribution in [3.8, 4) is 0 Å². The summed E-state index contributed by atoms with van der Waals surface area (Å²) in [5.74, 6) is -0.239. The lowest BCUT2D eigenvalue weighted by Gasteiger charge is -2.42. The number of halogens is 1. The molecule has 1 atom stereocenters. The molecule has 0 heterocycles. The second-order valence-electron chi connectivity index (χ2n) is 5.02. The lowest BCUT2D eigenvalue weighted by Crippen LogP contribution is -2.53. The molecule has 0 bridgehead atoms. The Labute approximate surface area is 109 Å². The molecule has 2 nitrogen and oxygen atoms in total. The van der Waals surface area contributed by atoms with Gasteiger partial charge in [-0.05, 0) is 38.6 Å². The van der Waals surface area contributed by atoms with Crippen LogP contribution < -0.4 is 0 Å². The molecule has 3 heteroatoms. The highest BCUT2D eigenvalue weighted by Crippen LogP contribution is 2.28. The molecular formula is C15H24FNO. The zero-order chi connectivity index (χ0) is 13.8. The van der Waals surface area contributed by atoms with Gasteiger partial charge in [-0.2, -0.15) is 0 Å². The second kappa shape index (κ2) is 6.30. The van der Waals surface area contributed by atoms with E-state index >= 15 is 0 Å². The first-order valence-electron chi connectivity index (χ1n) is 6.56. The highest BCUT2D eigenvalue weighted by molar-refractivity contribution is 5.19. The first-order chi connectivity index (χ1) is 8.47. The van der Waals surface area contributed by atoms with Crippen LogP contribution in [0.1, 0.15) is 32.3 Å². The highest BCUT2D eigenvalue weighted by atomic mass is 19.1. The lowest BCUT2D eigenvalue weighted by molar-refractivity contribution is -0.0129. The van der Waals surface area contributed by atoms with Gasteiger partial charge in [-0.15, -0.1) is 0 Å². The third-order valence-corrected chi connectivity index (χ3v) is 4.11. The number of nitrogens with zero attached hydrogens (tertiary/aromatic N) is 1. The molecule has 1 unspecified atom stereocenters. The fourth-order valence-electron chi connectivity index (χ4n) is 2.71. The molecule has 0 aliphatic heterocycles. The summed E-state index contributed by atoms with van der Waals surface area (Å²) in [4.78, 5) is 2.05. The molecule has 1 aromatic rings. The molecule has 0 aliphatic rings. The van der Waals surface area contributed by atoms with Crippen molar-refractivity contribution in [1.29, 1.82) is 0 Å². The maximum Gasteiger partial charge on any atom is 0.126 e. The Morgan fingerprint density at radius 3 is 2.22 bits per heavy atom. The summed E-state index contributed by atoms with van der Waals surface area (Å²) in [6, 6.07) is 6.66. The van der Waals surface area contributed by atoms with Crippen LogP contribution in [-0.4, -0.2) is 35.7 Å². The molecular weight excluding hydrogens is 229 g/mol. The first kappa shape index (κ1) is 15.1. The van der Waals surface area contributed by atoms with Crippen LogP contribution in [0.4, 0.5) is 4.39 Å². The summed E-state index contributed by atoms with van der Waals surface area (Å²) >= 11 is 0. The van der Waals surface area contributed by atoms with Gasteiger partial charge in [0.15, 0.2) is 0 Å². The third kappa shape index (κ3) is 2.90. The van der Waals surface area contributed by atoms with Crippen molar-refractivity contribution in [3.05, 3.63) is 35.6 Å². The van der Waals surface area contributed by atoms with Crippen molar-refractivity contribution in [3.63, 3.8) is 0 Å². The minimum Gasteiger partial charge on any atom is -0.391 e. The van der Waals surface area contributed by atoms with Crippen molar-refractivity contribution < 1.29 is 9.50 Å². The van der Waals surface area contributed by atoms with Gasteiger partial charge in [-0.3, -0.25) is 0 Å². The maximum atomic E-state index is 13.6. The van der Waals surface area contributed by atoms with Gasteiger partial charge in [0.25, 0.3) is 0 Å². The van der Waals surface area contributed by atoms with Gasteiger partial charge in [-0.1, -0.05) is 32.0 Å². The number of rotatable bonds is 6. The van der Waals surface area contributed by atoms with E-state index in [2.05, 4.69) is 18.7 Å². The highest BCUT2D eigenvalue weighted by Gasteiger charge is 2.36. The fraction of sp³-hybridized carbons (Fsp3) is 0.600. The Hall–Kier alpha value is -0.930. The SMILES string of the molecule is CCC(CC)(C(O)Cc1ccccc1F)N(C)C. The first-order valence-corrected chi connectivity index (χ1v) is 6.56. The Morgan fingerprint density at radius 1 is 1.22 bits per heavy atom. The minimum absolute atomic E-state index is 0.239. The molecule has 102 valence electrons. The van der Waals surface area contributed by atoms with E-state index in [1.807, 2.05) is 14.1 Å². The second-order valence-corrected chi connectivity index (χ2v) is 5.02. The van der Waals surface area contributed by atoms with E-state index in [4.69, 9.17) is 0 Å². The monoisotopic (exact) mass is 253 g/mol. The third-order valence-electron chi connectivity index (χ3n) is 4.11. The zero-order valence-electron chi connectivity index (χ0n) is 11.8. The van der Waals surface area contributed by atoms with Crippen molar-refractivity contribution in [2.75, 3.05) is 14.1 Å². The molecule has 0 saturated heterocycles. The standard InChI is InChI=1S/C15H24FNO/c1-5-15(6-2,17(3)4)14(18)11-12-9-7-8-10-13(12)16/h7-10,14,18H,5-6,11H2,1-4H3. The lowest BCUT2D eigenvalue weighted by atomic mass is 9.82. The topological polar surface area (TPSA) is 23.5 Å². The summed E-state index contributed by atoms with van der Waals surface area (Å²) in [7, 11) is 3.94. The van der Waals surface area contributed by atoms with E-state index in [1.54, 1.807) is 18.2 Å². The van der Waals surface area contributed by atoms with Gasteiger partial charge in [0, 0.05) is 12.0 Å². The summed E-state index contributed by atoms with van der Waals surface area (Å²) in [5.41, 5.74) is 0.292. The number of hydrogen-bond donors (Lipinski definition) is 1. The number of aliphatic hydroxyl groups excluding tert-OH is 1. The molecule has 1 rings (SSSR count). The molecule has 0 amide bonds. The van der Waals surface area contributed by atoms with Crippen LogP contribution in [0, 0.1) is 5.82 Å². The number of likely N-dealkylation sites (N-methyl/N-ethyl adjacent to an activating group) is 1. The minimum atomic E-state index is -0.570. The van der Waals surface area contributed by atoms with Crippen molar-refractivity contribution in [2.45, 2.75) is 44.8 Å². The molecule has 0 spiro atoms. The largest absolute Gasteiger partial charge is 0.391 e. The van der Waals surface area contributed by atoms with E-state index in [-0.39, 0.29) is 11.4 Å². The van der Waals surface area contributed by atoms with E-state index in [9.17, 15) is 9.50 Å². The number of benzene rings is 1. The van der Waals surface area contributed by atoms with Gasteiger partial charge in [0.1, 0.15) is 5.82 Å². The van der Waals surface area contributed by atoms with Gasteiger partial charge in [0.2, 0.25) is 0 Å². The molecule has 1 N–H and O–H groups in total. The van der Waals surface area contributed by atoms with Crippen LogP contribution in [0.2, 0.25) is 0 Å². The summed E-state index contributed by atoms with van der Waals surface area (Å²) in [6.07, 6.45) is 1.46. The van der Waals surface area contributed by atoms with Gasteiger partial charge < -0.3 is 10.0 Å². The Balaban J connectivity index is 2.92. The molecule has 0 saturated carbocycles. The average Bonchev–Trinajstić information content (AvgIpc) is 2.34. The van der Waals surface area contributed by atoms with E-state index in [0.29, 0.717) is 12.0 Å². The van der Waals surface area contributed by atoms with Crippen LogP contribution in [0.15, 0.2) is 24.3 Å². The summed E-state index contributed by atoms with van der Waals surface area (Å²) in [6.45, 7) is 4.13. The molecule has 18 heavy (non-hydrogen) atoms. The van der Waals surface area contributed by atoms with Gasteiger partial charge in [0.05, 0.1) is 6.10 Å². The van der Waals surface area contributed by atoms with E-state index in [1.165, 1.54) is 6.07 Å². The smallest absolute Gasteiger partial charge is 0.126 e. The molecule has 0 aromatic heterocycles. The van der Waals surface area contributed by atoms with Crippen LogP contribution >= 0.6 is 0 Å². The summed E-state index contributed by atoms with van der Waals surface area (Å²) < 4.78 is 13.6. The average molecular weight is 253 g/mol.